The van der Waals surface area contributed by atoms with Crippen LogP contribution >= 0.6 is 0 Å². The molecule has 0 unspecified atom stereocenters. The third-order valence-electron chi connectivity index (χ3n) is 6.20. The molecule has 0 aromatic carbocycles. The molecule has 6 atom stereocenters. The summed E-state index contributed by atoms with van der Waals surface area (Å²) in [6.45, 7) is 13.6. The number of ketones is 1. The van der Waals surface area contributed by atoms with Gasteiger partial charge in [-0.3, -0.25) is 9.59 Å². The van der Waals surface area contributed by atoms with Gasteiger partial charge in [0.2, 0.25) is 0 Å². The van der Waals surface area contributed by atoms with Crippen LogP contribution in [0.1, 0.15) is 77.0 Å². The molecule has 2 rings (SSSR count). The summed E-state index contributed by atoms with van der Waals surface area (Å²) >= 11 is 0. The molecule has 0 fully saturated rings. The van der Waals surface area contributed by atoms with Crippen molar-refractivity contribution in [3.63, 3.8) is 0 Å². The average molecular weight is 448 g/mol. The zero-order valence-corrected chi connectivity index (χ0v) is 20.4. The molecule has 1 aliphatic rings. The van der Waals surface area contributed by atoms with E-state index in [1.165, 1.54) is 12.3 Å². The van der Waals surface area contributed by atoms with Crippen LogP contribution in [0.2, 0.25) is 0 Å². The Morgan fingerprint density at radius 3 is 2.47 bits per heavy atom. The van der Waals surface area contributed by atoms with Crippen molar-refractivity contribution < 1.29 is 24.2 Å². The molecule has 1 aliphatic heterocycles. The minimum absolute atomic E-state index is 0.0592. The lowest BCUT2D eigenvalue weighted by Gasteiger charge is -2.31. The van der Waals surface area contributed by atoms with Crippen LogP contribution in [0.4, 0.5) is 0 Å². The first-order valence-electron chi connectivity index (χ1n) is 11.2. The van der Waals surface area contributed by atoms with Gasteiger partial charge in [-0.05, 0) is 24.8 Å². The van der Waals surface area contributed by atoms with Crippen LogP contribution in [-0.2, 0) is 14.3 Å². The van der Waals surface area contributed by atoms with E-state index in [9.17, 15) is 19.5 Å². The highest BCUT2D eigenvalue weighted by atomic mass is 16.6. The molecular formula is C25H37NO6. The largest absolute Gasteiger partial charge is 0.449 e. The van der Waals surface area contributed by atoms with E-state index >= 15 is 0 Å². The zero-order chi connectivity index (χ0) is 24.4. The molecule has 1 aromatic rings. The number of ether oxygens (including phenoxy) is 2. The monoisotopic (exact) mass is 447 g/mol. The third-order valence-corrected chi connectivity index (χ3v) is 6.20. The van der Waals surface area contributed by atoms with E-state index in [1.807, 2.05) is 41.5 Å². The van der Waals surface area contributed by atoms with E-state index < -0.39 is 35.6 Å². The van der Waals surface area contributed by atoms with Gasteiger partial charge in [-0.25, -0.2) is 4.79 Å². The number of carbonyl (C=O) groups excluding carboxylic acids is 2. The first-order chi connectivity index (χ1) is 14.8. The Balaban J connectivity index is 2.16. The normalized spacial score (nSPS) is 21.3. The molecule has 0 amide bonds. The molecule has 0 aliphatic carbocycles. The lowest BCUT2D eigenvalue weighted by molar-refractivity contribution is -0.130. The first kappa shape index (κ1) is 26.0. The molecule has 0 spiro atoms. The van der Waals surface area contributed by atoms with Gasteiger partial charge < -0.3 is 19.6 Å². The van der Waals surface area contributed by atoms with Crippen molar-refractivity contribution in [3.8, 4) is 0 Å². The molecule has 32 heavy (non-hydrogen) atoms. The van der Waals surface area contributed by atoms with E-state index in [2.05, 4.69) is 18.0 Å². The number of aliphatic hydroxyl groups excluding tert-OH is 1. The predicted molar refractivity (Wildman–Crippen MR) is 122 cm³/mol. The number of hydrogen-bond donors (Lipinski definition) is 2. The number of carbonyl (C=O) groups is 2. The summed E-state index contributed by atoms with van der Waals surface area (Å²) in [5.74, 6) is -0.850. The molecule has 0 saturated carbocycles. The molecule has 0 radical (unpaired) electrons. The summed E-state index contributed by atoms with van der Waals surface area (Å²) in [7, 11) is 1.57. The maximum atomic E-state index is 12.5. The fourth-order valence-electron chi connectivity index (χ4n) is 4.69. The predicted octanol–water partition coefficient (Wildman–Crippen LogP) is 3.82. The Morgan fingerprint density at radius 1 is 1.28 bits per heavy atom. The van der Waals surface area contributed by atoms with Gasteiger partial charge in [0.05, 0.1) is 11.8 Å². The van der Waals surface area contributed by atoms with Gasteiger partial charge in [0.25, 0.3) is 0 Å². The van der Waals surface area contributed by atoms with Gasteiger partial charge in [0, 0.05) is 36.6 Å². The van der Waals surface area contributed by atoms with Crippen LogP contribution in [0.3, 0.4) is 0 Å². The van der Waals surface area contributed by atoms with E-state index in [1.54, 1.807) is 7.11 Å². The summed E-state index contributed by atoms with van der Waals surface area (Å²) in [6.07, 6.45) is 1.75. The number of aromatic amines is 1. The highest BCUT2D eigenvalue weighted by Gasteiger charge is 2.42. The summed E-state index contributed by atoms with van der Waals surface area (Å²) in [6, 6.07) is 1.26. The molecule has 178 valence electrons. The smallest absolute Gasteiger partial charge is 0.344 e. The number of pyridine rings is 1. The van der Waals surface area contributed by atoms with E-state index in [-0.39, 0.29) is 28.6 Å². The second-order valence-electron chi connectivity index (χ2n) is 10.1. The molecule has 7 nitrogen and oxygen atoms in total. The van der Waals surface area contributed by atoms with E-state index in [0.29, 0.717) is 5.69 Å². The maximum absolute atomic E-state index is 12.5. The number of aromatic nitrogens is 1. The average Bonchev–Trinajstić information content (AvgIpc) is 3.04. The topological polar surface area (TPSA) is 106 Å². The summed E-state index contributed by atoms with van der Waals surface area (Å²) in [4.78, 5) is 39.6. The Labute approximate surface area is 190 Å². The van der Waals surface area contributed by atoms with Crippen molar-refractivity contribution in [2.24, 2.45) is 23.2 Å². The summed E-state index contributed by atoms with van der Waals surface area (Å²) < 4.78 is 11.0. The van der Waals surface area contributed by atoms with Gasteiger partial charge in [-0.2, -0.15) is 0 Å². The van der Waals surface area contributed by atoms with Crippen molar-refractivity contribution in [2.75, 3.05) is 7.11 Å². The Bertz CT molecular complexity index is 925. The second kappa shape index (κ2) is 10.1. The fourth-order valence-corrected chi connectivity index (χ4v) is 4.69. The Hall–Kier alpha value is -2.25. The zero-order valence-electron chi connectivity index (χ0n) is 20.4. The van der Waals surface area contributed by atoms with Crippen molar-refractivity contribution in [3.05, 3.63) is 45.4 Å². The summed E-state index contributed by atoms with van der Waals surface area (Å²) in [5.41, 5.74) is 0.352. The molecule has 1 aromatic heterocycles. The number of H-pyrrole nitrogens is 1. The SMILES string of the molecule is CO[C@H](/C(C)=C/[C@H](C)C[C@H](C)C(=O)C(C)(C)C)[C@@H](C)[C@H](O)[C@@H]1OC(=O)c2c1[nH]ccc2=O. The quantitative estimate of drug-likeness (QED) is 0.440. The van der Waals surface area contributed by atoms with Crippen molar-refractivity contribution in [1.29, 1.82) is 0 Å². The van der Waals surface area contributed by atoms with Gasteiger partial charge in [0.15, 0.2) is 11.5 Å². The second-order valence-corrected chi connectivity index (χ2v) is 10.1. The number of cyclic esters (lactones) is 1. The lowest BCUT2D eigenvalue weighted by atomic mass is 9.80. The van der Waals surface area contributed by atoms with Crippen LogP contribution in [0.25, 0.3) is 0 Å². The number of fused-ring (bicyclic) bond motifs is 1. The van der Waals surface area contributed by atoms with Crippen LogP contribution in [0.15, 0.2) is 28.7 Å². The van der Waals surface area contributed by atoms with Crippen LogP contribution < -0.4 is 5.43 Å². The standard InChI is InChI=1S/C25H37NO6/c1-13(12-15(3)23(29)25(5,6)7)11-14(2)21(31-8)16(4)20(28)22-19-18(24(30)32-22)17(27)9-10-26-19/h9-11,13,15-16,20-22,28H,12H2,1-8H3,(H,26,27)/b14-11+/t13-,15-,16-,20-,21+,22+/m0/s1. The van der Waals surface area contributed by atoms with Crippen molar-refractivity contribution in [1.82, 2.24) is 4.98 Å². The first-order valence-corrected chi connectivity index (χ1v) is 11.2. The molecule has 0 saturated heterocycles. The molecule has 2 heterocycles. The highest BCUT2D eigenvalue weighted by Crippen LogP contribution is 2.35. The van der Waals surface area contributed by atoms with Crippen molar-refractivity contribution >= 4 is 11.8 Å². The number of aliphatic hydroxyl groups is 1. The number of esters is 1. The number of allylic oxidation sites excluding steroid dienone is 1. The molecule has 2 N–H and O–H groups in total. The van der Waals surface area contributed by atoms with E-state index in [4.69, 9.17) is 9.47 Å². The fraction of sp³-hybridized carbons (Fsp3) is 0.640. The number of Topliss-reactive ketones (excluding diaryl/α,β-unsaturated/α-hetero) is 1. The number of methoxy groups -OCH3 is 1. The maximum Gasteiger partial charge on any atom is 0.344 e. The number of hydrogen-bond acceptors (Lipinski definition) is 6. The molecular weight excluding hydrogens is 410 g/mol. The van der Waals surface area contributed by atoms with Gasteiger partial charge in [-0.1, -0.05) is 47.6 Å². The van der Waals surface area contributed by atoms with E-state index in [0.717, 1.165) is 12.0 Å². The number of rotatable bonds is 9. The van der Waals surface area contributed by atoms with Gasteiger partial charge in [-0.15, -0.1) is 0 Å². The third kappa shape index (κ3) is 5.56. The van der Waals surface area contributed by atoms with Crippen molar-refractivity contribution in [2.45, 2.75) is 73.2 Å². The Morgan fingerprint density at radius 2 is 1.91 bits per heavy atom. The Kier molecular flexibility index (Phi) is 8.23. The molecule has 0 bridgehead atoms. The minimum atomic E-state index is -1.08. The van der Waals surface area contributed by atoms with Gasteiger partial charge in [0.1, 0.15) is 17.5 Å². The molecule has 7 heteroatoms. The van der Waals surface area contributed by atoms with Gasteiger partial charge >= 0.3 is 5.97 Å². The highest BCUT2D eigenvalue weighted by molar-refractivity contribution is 5.93. The van der Waals surface area contributed by atoms with Crippen LogP contribution in [0.5, 0.6) is 0 Å². The van der Waals surface area contributed by atoms with Crippen LogP contribution in [0, 0.1) is 23.2 Å². The number of nitrogens with one attached hydrogen (secondary N) is 1. The summed E-state index contributed by atoms with van der Waals surface area (Å²) in [5, 5.41) is 11.0. The van der Waals surface area contributed by atoms with Crippen LogP contribution in [-0.4, -0.2) is 41.2 Å². The minimum Gasteiger partial charge on any atom is -0.449 e. The lowest BCUT2D eigenvalue weighted by Crippen LogP contribution is -2.36.